The average molecular weight is 318 g/mol. The predicted molar refractivity (Wildman–Crippen MR) is 92.2 cm³/mol. The van der Waals surface area contributed by atoms with Gasteiger partial charge in [0.2, 0.25) is 0 Å². The molecule has 2 atom stereocenters. The number of ether oxygens (including phenoxy) is 2. The maximum atomic E-state index is 6.36. The zero-order valence-corrected chi connectivity index (χ0v) is 14.6. The lowest BCUT2D eigenvalue weighted by molar-refractivity contribution is 0.0154. The van der Waals surface area contributed by atoms with Gasteiger partial charge >= 0.3 is 0 Å². The van der Waals surface area contributed by atoms with Crippen molar-refractivity contribution >= 4 is 11.8 Å². The molecular weight excluding hydrogens is 288 g/mol. The molecule has 0 aromatic heterocycles. The molecule has 128 valence electrons. The third-order valence-electron chi connectivity index (χ3n) is 6.54. The van der Waals surface area contributed by atoms with Gasteiger partial charge in [0.15, 0.2) is 11.8 Å². The molecule has 0 aromatic carbocycles. The fourth-order valence-corrected chi connectivity index (χ4v) is 4.99. The van der Waals surface area contributed by atoms with Gasteiger partial charge in [-0.1, -0.05) is 12.8 Å². The molecule has 0 N–H and O–H groups in total. The molecule has 2 aliphatic carbocycles. The molecule has 2 aliphatic heterocycles. The fourth-order valence-electron chi connectivity index (χ4n) is 4.99. The Balaban J connectivity index is 1.41. The minimum atomic E-state index is -0.0269. The first-order valence-corrected chi connectivity index (χ1v) is 9.63. The highest BCUT2D eigenvalue weighted by Gasteiger charge is 2.48. The average Bonchev–Trinajstić information content (AvgIpc) is 2.99. The SMILES string of the molecule is C[C@@H]1N=C(CC2=N[C@@H](C)C3(CCCCC3)O2)OC12CCCCC2. The first kappa shape index (κ1) is 15.5. The molecule has 23 heavy (non-hydrogen) atoms. The quantitative estimate of drug-likeness (QED) is 0.756. The van der Waals surface area contributed by atoms with Crippen LogP contribution in [0.5, 0.6) is 0 Å². The van der Waals surface area contributed by atoms with E-state index in [9.17, 15) is 0 Å². The molecule has 4 heteroatoms. The van der Waals surface area contributed by atoms with E-state index in [1.54, 1.807) is 0 Å². The van der Waals surface area contributed by atoms with E-state index in [0.29, 0.717) is 6.42 Å². The van der Waals surface area contributed by atoms with Gasteiger partial charge in [0, 0.05) is 0 Å². The van der Waals surface area contributed by atoms with Crippen molar-refractivity contribution in [3.05, 3.63) is 0 Å². The molecule has 0 aromatic rings. The summed E-state index contributed by atoms with van der Waals surface area (Å²) >= 11 is 0. The normalized spacial score (nSPS) is 34.9. The highest BCUT2D eigenvalue weighted by atomic mass is 16.5. The van der Waals surface area contributed by atoms with Crippen molar-refractivity contribution in [1.29, 1.82) is 0 Å². The molecule has 2 fully saturated rings. The van der Waals surface area contributed by atoms with Crippen LogP contribution in [0.15, 0.2) is 9.98 Å². The Labute approximate surface area is 139 Å². The maximum absolute atomic E-state index is 6.36. The van der Waals surface area contributed by atoms with Gasteiger partial charge in [0.05, 0.1) is 18.5 Å². The van der Waals surface area contributed by atoms with E-state index in [4.69, 9.17) is 19.5 Å². The van der Waals surface area contributed by atoms with Gasteiger partial charge in [0.1, 0.15) is 11.2 Å². The number of nitrogens with zero attached hydrogens (tertiary/aromatic N) is 2. The minimum Gasteiger partial charge on any atom is -0.472 e. The van der Waals surface area contributed by atoms with Crippen LogP contribution in [0.4, 0.5) is 0 Å². The molecule has 0 unspecified atom stereocenters. The Morgan fingerprint density at radius 1 is 0.739 bits per heavy atom. The van der Waals surface area contributed by atoms with E-state index in [1.807, 2.05) is 0 Å². The van der Waals surface area contributed by atoms with Gasteiger partial charge in [-0.05, 0) is 65.2 Å². The van der Waals surface area contributed by atoms with Crippen molar-refractivity contribution in [3.8, 4) is 0 Å². The summed E-state index contributed by atoms with van der Waals surface area (Å²) in [7, 11) is 0. The van der Waals surface area contributed by atoms with E-state index in [0.717, 1.165) is 37.5 Å². The Kier molecular flexibility index (Phi) is 3.89. The van der Waals surface area contributed by atoms with Crippen molar-refractivity contribution in [2.24, 2.45) is 9.98 Å². The largest absolute Gasteiger partial charge is 0.472 e. The summed E-state index contributed by atoms with van der Waals surface area (Å²) in [6, 6.07) is 0.557. The first-order valence-electron chi connectivity index (χ1n) is 9.63. The summed E-state index contributed by atoms with van der Waals surface area (Å²) in [5.74, 6) is 1.72. The molecule has 0 saturated heterocycles. The summed E-state index contributed by atoms with van der Waals surface area (Å²) < 4.78 is 12.7. The van der Waals surface area contributed by atoms with Crippen LogP contribution in [-0.4, -0.2) is 35.1 Å². The second-order valence-electron chi connectivity index (χ2n) is 8.03. The van der Waals surface area contributed by atoms with Crippen LogP contribution < -0.4 is 0 Å². The molecule has 4 aliphatic rings. The lowest BCUT2D eigenvalue weighted by Crippen LogP contribution is -2.41. The number of rotatable bonds is 2. The van der Waals surface area contributed by atoms with Crippen LogP contribution >= 0.6 is 0 Å². The molecule has 2 saturated carbocycles. The van der Waals surface area contributed by atoms with Crippen LogP contribution in [0.25, 0.3) is 0 Å². The Morgan fingerprint density at radius 2 is 1.13 bits per heavy atom. The van der Waals surface area contributed by atoms with Gasteiger partial charge in [-0.3, -0.25) is 0 Å². The summed E-state index contributed by atoms with van der Waals surface area (Å²) in [6.45, 7) is 4.42. The maximum Gasteiger partial charge on any atom is 0.193 e. The second kappa shape index (κ2) is 5.78. The molecule has 0 bridgehead atoms. The fraction of sp³-hybridized carbons (Fsp3) is 0.895. The molecule has 2 spiro atoms. The monoisotopic (exact) mass is 318 g/mol. The lowest BCUT2D eigenvalue weighted by Gasteiger charge is -2.36. The van der Waals surface area contributed by atoms with E-state index in [1.165, 1.54) is 38.5 Å². The summed E-state index contributed by atoms with van der Waals surface area (Å²) in [6.07, 6.45) is 13.0. The molecule has 0 amide bonds. The van der Waals surface area contributed by atoms with Crippen LogP contribution in [0.1, 0.15) is 84.5 Å². The van der Waals surface area contributed by atoms with Crippen molar-refractivity contribution in [3.63, 3.8) is 0 Å². The van der Waals surface area contributed by atoms with Crippen LogP contribution in [-0.2, 0) is 9.47 Å². The number of hydrogen-bond donors (Lipinski definition) is 0. The van der Waals surface area contributed by atoms with Crippen molar-refractivity contribution in [2.75, 3.05) is 0 Å². The van der Waals surface area contributed by atoms with Gasteiger partial charge < -0.3 is 9.47 Å². The lowest BCUT2D eigenvalue weighted by atomic mass is 9.80. The minimum absolute atomic E-state index is 0.0269. The highest BCUT2D eigenvalue weighted by molar-refractivity contribution is 5.98. The summed E-state index contributed by atoms with van der Waals surface area (Å²) in [4.78, 5) is 9.64. The molecule has 0 radical (unpaired) electrons. The predicted octanol–water partition coefficient (Wildman–Crippen LogP) is 4.42. The third kappa shape index (κ3) is 2.68. The summed E-state index contributed by atoms with van der Waals surface area (Å²) in [5, 5.41) is 0. The summed E-state index contributed by atoms with van der Waals surface area (Å²) in [5.41, 5.74) is -0.0538. The standard InChI is InChI=1S/C19H30N2O2/c1-14-18(9-5-3-6-10-18)22-16(20-14)13-17-21-15(2)19(23-17)11-7-4-8-12-19/h14-15H,3-13H2,1-2H3/t14-,15-/m0/s1. The van der Waals surface area contributed by atoms with Crippen molar-refractivity contribution in [1.82, 2.24) is 0 Å². The van der Waals surface area contributed by atoms with Gasteiger partial charge in [0.25, 0.3) is 0 Å². The Bertz CT molecular complexity index is 467. The molecule has 2 heterocycles. The van der Waals surface area contributed by atoms with Crippen LogP contribution in [0, 0.1) is 0 Å². The van der Waals surface area contributed by atoms with Crippen molar-refractivity contribution < 1.29 is 9.47 Å². The smallest absolute Gasteiger partial charge is 0.193 e. The van der Waals surface area contributed by atoms with E-state index in [2.05, 4.69) is 13.8 Å². The van der Waals surface area contributed by atoms with Gasteiger partial charge in [-0.2, -0.15) is 0 Å². The van der Waals surface area contributed by atoms with E-state index in [-0.39, 0.29) is 23.3 Å². The number of hydrogen-bond acceptors (Lipinski definition) is 4. The molecule has 4 nitrogen and oxygen atoms in total. The Morgan fingerprint density at radius 3 is 1.52 bits per heavy atom. The van der Waals surface area contributed by atoms with E-state index >= 15 is 0 Å². The second-order valence-corrected chi connectivity index (χ2v) is 8.03. The third-order valence-corrected chi connectivity index (χ3v) is 6.54. The zero-order valence-electron chi connectivity index (χ0n) is 14.6. The van der Waals surface area contributed by atoms with Gasteiger partial charge in [-0.25, -0.2) is 9.98 Å². The highest BCUT2D eigenvalue weighted by Crippen LogP contribution is 2.42. The zero-order chi connectivity index (χ0) is 15.9. The van der Waals surface area contributed by atoms with Gasteiger partial charge in [-0.15, -0.1) is 0 Å². The Hall–Kier alpha value is -1.06. The van der Waals surface area contributed by atoms with Crippen LogP contribution in [0.2, 0.25) is 0 Å². The first-order chi connectivity index (χ1) is 11.1. The van der Waals surface area contributed by atoms with Crippen LogP contribution in [0.3, 0.4) is 0 Å². The molecule has 4 rings (SSSR count). The number of aliphatic imine (C=N–C) groups is 2. The topological polar surface area (TPSA) is 43.2 Å². The molecular formula is C19H30N2O2. The van der Waals surface area contributed by atoms with Crippen molar-refractivity contribution in [2.45, 2.75) is 108 Å². The van der Waals surface area contributed by atoms with E-state index < -0.39 is 0 Å².